The lowest BCUT2D eigenvalue weighted by Gasteiger charge is -2.26. The van der Waals surface area contributed by atoms with Crippen molar-refractivity contribution in [3.63, 3.8) is 0 Å². The van der Waals surface area contributed by atoms with Crippen LogP contribution in [0.2, 0.25) is 0 Å². The Morgan fingerprint density at radius 2 is 1.14 bits per heavy atom. The summed E-state index contributed by atoms with van der Waals surface area (Å²) in [6.07, 6.45) is -18.8. The number of hydrogen-bond acceptors (Lipinski definition) is 13. The molecule has 4 N–H and O–H groups in total. The van der Waals surface area contributed by atoms with Gasteiger partial charge in [-0.25, -0.2) is 9.47 Å². The number of para-hydroxylation sites is 1. The Morgan fingerprint density at radius 1 is 0.659 bits per heavy atom. The zero-order valence-corrected chi connectivity index (χ0v) is 23.3. The Kier molecular flexibility index (Phi) is 18.6. The molecule has 3 unspecified atom stereocenters. The third-order valence-corrected chi connectivity index (χ3v) is 4.67. The molecule has 0 saturated heterocycles. The number of nitriles is 1. The molecule has 0 aliphatic heterocycles. The normalized spacial score (nSPS) is 14.7. The van der Waals surface area contributed by atoms with Crippen molar-refractivity contribution in [2.75, 3.05) is 79.3 Å². The van der Waals surface area contributed by atoms with E-state index in [-0.39, 0.29) is 57.6 Å². The van der Waals surface area contributed by atoms with Crippen LogP contribution in [0.5, 0.6) is 5.75 Å². The van der Waals surface area contributed by atoms with E-state index in [4.69, 9.17) is 29.3 Å². The van der Waals surface area contributed by atoms with Crippen molar-refractivity contribution >= 4 is 0 Å². The highest BCUT2D eigenvalue weighted by Crippen LogP contribution is 2.33. The zero-order chi connectivity index (χ0) is 33.1. The van der Waals surface area contributed by atoms with Gasteiger partial charge in [0, 0.05) is 0 Å². The van der Waals surface area contributed by atoms with E-state index >= 15 is 0 Å². The monoisotopic (exact) mass is 655 g/mol. The molecule has 0 spiro atoms. The molecule has 0 radical (unpaired) electrons. The van der Waals surface area contributed by atoms with E-state index in [2.05, 4.69) is 18.9 Å². The van der Waals surface area contributed by atoms with Crippen LogP contribution in [-0.4, -0.2) is 137 Å². The first-order chi connectivity index (χ1) is 20.7. The van der Waals surface area contributed by atoms with Gasteiger partial charge in [0.1, 0.15) is 50.0 Å². The van der Waals surface area contributed by atoms with Crippen LogP contribution < -0.4 is 4.74 Å². The lowest BCUT2D eigenvalue weighted by atomic mass is 10.2. The van der Waals surface area contributed by atoms with Crippen molar-refractivity contribution < 1.29 is 84.7 Å². The highest BCUT2D eigenvalue weighted by atomic mass is 19.3. The fourth-order valence-electron chi connectivity index (χ4n) is 2.91. The lowest BCUT2D eigenvalue weighted by molar-refractivity contribution is -0.518. The Morgan fingerprint density at radius 3 is 1.73 bits per heavy atom. The van der Waals surface area contributed by atoms with E-state index < -0.39 is 69.9 Å². The Labute approximate surface area is 248 Å². The number of rotatable bonds is 26. The van der Waals surface area contributed by atoms with E-state index in [1.54, 1.807) is 18.2 Å². The molecule has 0 heterocycles. The summed E-state index contributed by atoms with van der Waals surface area (Å²) in [5, 5.41) is 46.6. The van der Waals surface area contributed by atoms with Crippen LogP contribution in [0.3, 0.4) is 0 Å². The second-order valence-electron chi connectivity index (χ2n) is 8.80. The molecule has 0 aliphatic carbocycles. The molecule has 44 heavy (non-hydrogen) atoms. The summed E-state index contributed by atoms with van der Waals surface area (Å²) in [7, 11) is 0. The summed E-state index contributed by atoms with van der Waals surface area (Å²) in [6, 6.07) is 8.31. The first-order valence-corrected chi connectivity index (χ1v) is 12.9. The van der Waals surface area contributed by atoms with Gasteiger partial charge in [0.15, 0.2) is 0 Å². The molecule has 0 amide bonds. The molecular formula is C25H35F6NO12. The van der Waals surface area contributed by atoms with Crippen LogP contribution in [0.15, 0.2) is 24.3 Å². The minimum absolute atomic E-state index is 0.156. The van der Waals surface area contributed by atoms with E-state index in [1.807, 2.05) is 6.07 Å². The van der Waals surface area contributed by atoms with Crippen LogP contribution in [-0.2, 0) is 33.2 Å². The Balaban J connectivity index is 2.19. The van der Waals surface area contributed by atoms with Gasteiger partial charge in [0.2, 0.25) is 0 Å². The fourth-order valence-corrected chi connectivity index (χ4v) is 2.91. The molecule has 13 nitrogen and oxygen atoms in total. The summed E-state index contributed by atoms with van der Waals surface area (Å²) in [6.45, 7) is -7.42. The Bertz CT molecular complexity index is 958. The molecule has 19 heteroatoms. The maximum absolute atomic E-state index is 13.6. The van der Waals surface area contributed by atoms with E-state index in [0.29, 0.717) is 0 Å². The van der Waals surface area contributed by atoms with Gasteiger partial charge >= 0.3 is 18.5 Å². The molecule has 3 atom stereocenters. The molecule has 0 aliphatic rings. The average molecular weight is 656 g/mol. The summed E-state index contributed by atoms with van der Waals surface area (Å²) in [5.74, 6) is 0.273. The van der Waals surface area contributed by atoms with E-state index in [9.17, 15) is 41.7 Å². The van der Waals surface area contributed by atoms with Crippen molar-refractivity contribution in [2.45, 2.75) is 36.8 Å². The summed E-state index contributed by atoms with van der Waals surface area (Å²) in [5.41, 5.74) is 0.277. The van der Waals surface area contributed by atoms with Crippen LogP contribution >= 0.6 is 0 Å². The van der Waals surface area contributed by atoms with Gasteiger partial charge in [-0.05, 0) is 12.1 Å². The van der Waals surface area contributed by atoms with Gasteiger partial charge in [-0.2, -0.15) is 22.8 Å². The van der Waals surface area contributed by atoms with Gasteiger partial charge < -0.3 is 48.8 Å². The molecule has 254 valence electrons. The molecule has 1 rings (SSSR count). The standard InChI is InChI=1S/C25H35F6NO12/c26-23(27,43-25(30,31)44-24(28,29)17-41-14-20(35)10-37-6-5-33)16-39-8-7-38-11-19(34)12-40-13-21(36)15-42-22-4-2-1-3-18(22)9-32/h1-4,19-21,33-36H,5-8,10-17H2. The smallest absolute Gasteiger partial charge is 0.489 e. The van der Waals surface area contributed by atoms with Crippen molar-refractivity contribution in [2.24, 2.45) is 0 Å². The van der Waals surface area contributed by atoms with E-state index in [1.165, 1.54) is 6.07 Å². The summed E-state index contributed by atoms with van der Waals surface area (Å²) < 4.78 is 116. The number of aliphatic hydroxyl groups is 4. The maximum atomic E-state index is 13.6. The highest BCUT2D eigenvalue weighted by Gasteiger charge is 2.52. The fraction of sp³-hybridized carbons (Fsp3) is 0.720. The molecular weight excluding hydrogens is 620 g/mol. The van der Waals surface area contributed by atoms with Crippen molar-refractivity contribution in [1.82, 2.24) is 0 Å². The summed E-state index contributed by atoms with van der Waals surface area (Å²) in [4.78, 5) is 0. The van der Waals surface area contributed by atoms with Crippen LogP contribution in [0.25, 0.3) is 0 Å². The van der Waals surface area contributed by atoms with Crippen LogP contribution in [0, 0.1) is 11.3 Å². The highest BCUT2D eigenvalue weighted by molar-refractivity contribution is 5.42. The minimum atomic E-state index is -5.47. The quantitative estimate of drug-likeness (QED) is 0.0628. The summed E-state index contributed by atoms with van der Waals surface area (Å²) >= 11 is 0. The predicted octanol–water partition coefficient (Wildman–Crippen LogP) is 0.864. The van der Waals surface area contributed by atoms with Gasteiger partial charge in [-0.15, -0.1) is 8.78 Å². The van der Waals surface area contributed by atoms with Crippen molar-refractivity contribution in [3.8, 4) is 11.8 Å². The molecule has 1 aromatic carbocycles. The molecule has 0 aromatic heterocycles. The number of halogens is 6. The SMILES string of the molecule is N#Cc1ccccc1OCC(O)COCC(O)COCCOCC(F)(F)OC(F)(F)OC(F)(F)COCC(O)COCCO. The average Bonchev–Trinajstić information content (AvgIpc) is 2.92. The van der Waals surface area contributed by atoms with E-state index in [0.717, 1.165) is 0 Å². The van der Waals surface area contributed by atoms with Crippen LogP contribution in [0.4, 0.5) is 26.3 Å². The van der Waals surface area contributed by atoms with Crippen molar-refractivity contribution in [3.05, 3.63) is 29.8 Å². The minimum Gasteiger partial charge on any atom is -0.489 e. The molecule has 0 saturated carbocycles. The number of alkyl halides is 6. The van der Waals surface area contributed by atoms with Crippen LogP contribution in [0.1, 0.15) is 5.56 Å². The van der Waals surface area contributed by atoms with Gasteiger partial charge in [-0.1, -0.05) is 12.1 Å². The molecule has 0 bridgehead atoms. The number of nitrogens with zero attached hydrogens (tertiary/aromatic N) is 1. The second-order valence-corrected chi connectivity index (χ2v) is 8.80. The van der Waals surface area contributed by atoms with Crippen molar-refractivity contribution in [1.29, 1.82) is 5.26 Å². The number of hydrogen-bond donors (Lipinski definition) is 4. The third kappa shape index (κ3) is 19.1. The largest absolute Gasteiger partial charge is 0.495 e. The lowest BCUT2D eigenvalue weighted by Crippen LogP contribution is -2.44. The van der Waals surface area contributed by atoms with Gasteiger partial charge in [0.25, 0.3) is 0 Å². The van der Waals surface area contributed by atoms with Gasteiger partial charge in [-0.3, -0.25) is 0 Å². The number of benzene rings is 1. The zero-order valence-electron chi connectivity index (χ0n) is 23.3. The Hall–Kier alpha value is -2.35. The molecule has 0 fully saturated rings. The second kappa shape index (κ2) is 20.6. The topological polar surface area (TPSA) is 179 Å². The predicted molar refractivity (Wildman–Crippen MR) is 133 cm³/mol. The number of aliphatic hydroxyl groups excluding tert-OH is 4. The first kappa shape index (κ1) is 39.7. The number of ether oxygens (including phenoxy) is 8. The third-order valence-electron chi connectivity index (χ3n) is 4.67. The van der Waals surface area contributed by atoms with Gasteiger partial charge in [0.05, 0.1) is 65.0 Å². The molecule has 1 aromatic rings. The maximum Gasteiger partial charge on any atom is 0.495 e. The first-order valence-electron chi connectivity index (χ1n) is 12.9.